The lowest BCUT2D eigenvalue weighted by Crippen LogP contribution is -2.65. The number of urea groups is 1. The maximum absolute atomic E-state index is 13.3. The molecule has 3 rings (SSSR count). The summed E-state index contributed by atoms with van der Waals surface area (Å²) >= 11 is 0. The predicted molar refractivity (Wildman–Crippen MR) is 109 cm³/mol. The van der Waals surface area contributed by atoms with Crippen molar-refractivity contribution in [1.29, 1.82) is 0 Å². The lowest BCUT2D eigenvalue weighted by Gasteiger charge is -2.42. The van der Waals surface area contributed by atoms with Crippen LogP contribution in [0.3, 0.4) is 0 Å². The normalized spacial score (nSPS) is 15.4. The SMILES string of the molecule is CC(=O)c1ccc(NNC(=O)[N+]2(Cc3ccc(F)cc3)CCN(C(C)=O)CC2)cn1. The summed E-state index contributed by atoms with van der Waals surface area (Å²) in [5.74, 6) is -0.498. The molecule has 0 aliphatic carbocycles. The molecule has 0 spiro atoms. The van der Waals surface area contributed by atoms with Gasteiger partial charge in [0.05, 0.1) is 25.0 Å². The number of rotatable bonds is 5. The van der Waals surface area contributed by atoms with E-state index in [-0.39, 0.29) is 28.0 Å². The number of pyridine rings is 1. The highest BCUT2D eigenvalue weighted by Gasteiger charge is 2.41. The van der Waals surface area contributed by atoms with Crippen molar-refractivity contribution >= 4 is 23.4 Å². The van der Waals surface area contributed by atoms with Gasteiger partial charge in [0.1, 0.15) is 31.1 Å². The molecule has 9 heteroatoms. The third-order valence-electron chi connectivity index (χ3n) is 5.31. The van der Waals surface area contributed by atoms with Crippen molar-refractivity contribution in [2.24, 2.45) is 0 Å². The van der Waals surface area contributed by atoms with E-state index in [1.165, 1.54) is 32.2 Å². The molecule has 158 valence electrons. The van der Waals surface area contributed by atoms with Crippen molar-refractivity contribution in [2.75, 3.05) is 31.6 Å². The Morgan fingerprint density at radius 3 is 2.27 bits per heavy atom. The molecule has 1 aliphatic heterocycles. The van der Waals surface area contributed by atoms with Gasteiger partial charge in [-0.1, -0.05) is 12.1 Å². The Bertz CT molecular complexity index is 923. The van der Waals surface area contributed by atoms with Crippen molar-refractivity contribution in [2.45, 2.75) is 20.4 Å². The minimum atomic E-state index is -0.334. The van der Waals surface area contributed by atoms with Crippen molar-refractivity contribution in [1.82, 2.24) is 15.3 Å². The van der Waals surface area contributed by atoms with E-state index >= 15 is 0 Å². The van der Waals surface area contributed by atoms with Crippen LogP contribution in [0.25, 0.3) is 0 Å². The Balaban J connectivity index is 1.73. The highest BCUT2D eigenvalue weighted by atomic mass is 19.1. The number of carbonyl (C=O) groups is 3. The second-order valence-electron chi connectivity index (χ2n) is 7.43. The van der Waals surface area contributed by atoms with Gasteiger partial charge in [-0.3, -0.25) is 20.0 Å². The fourth-order valence-corrected chi connectivity index (χ4v) is 3.46. The van der Waals surface area contributed by atoms with Crippen LogP contribution in [0.2, 0.25) is 0 Å². The van der Waals surface area contributed by atoms with Gasteiger partial charge in [0.15, 0.2) is 5.78 Å². The summed E-state index contributed by atoms with van der Waals surface area (Å²) < 4.78 is 13.4. The van der Waals surface area contributed by atoms with E-state index in [1.807, 2.05) is 0 Å². The quantitative estimate of drug-likeness (QED) is 0.445. The van der Waals surface area contributed by atoms with Crippen LogP contribution in [0.5, 0.6) is 0 Å². The minimum absolute atomic E-state index is 0.0234. The number of nitrogens with zero attached hydrogens (tertiary/aromatic N) is 3. The Labute approximate surface area is 174 Å². The maximum atomic E-state index is 13.3. The van der Waals surface area contributed by atoms with Gasteiger partial charge in [-0.05, 0) is 24.3 Å². The molecule has 1 saturated heterocycles. The number of hydrogen-bond donors (Lipinski definition) is 2. The zero-order chi connectivity index (χ0) is 21.7. The van der Waals surface area contributed by atoms with Gasteiger partial charge in [0, 0.05) is 19.4 Å². The van der Waals surface area contributed by atoms with E-state index in [0.29, 0.717) is 44.1 Å². The molecule has 1 aliphatic rings. The molecule has 30 heavy (non-hydrogen) atoms. The molecule has 8 nitrogen and oxygen atoms in total. The van der Waals surface area contributed by atoms with E-state index in [2.05, 4.69) is 15.8 Å². The van der Waals surface area contributed by atoms with Gasteiger partial charge in [0.25, 0.3) is 0 Å². The van der Waals surface area contributed by atoms with Gasteiger partial charge in [0.2, 0.25) is 5.91 Å². The molecule has 1 aromatic heterocycles. The number of piperazine rings is 1. The Kier molecular flexibility index (Phi) is 6.41. The number of hydrazine groups is 1. The third kappa shape index (κ3) is 4.98. The van der Waals surface area contributed by atoms with Crippen LogP contribution in [0.15, 0.2) is 42.6 Å². The molecule has 0 atom stereocenters. The second kappa shape index (κ2) is 9.00. The highest BCUT2D eigenvalue weighted by molar-refractivity contribution is 5.92. The van der Waals surface area contributed by atoms with Crippen LogP contribution >= 0.6 is 0 Å². The molecule has 1 aromatic carbocycles. The van der Waals surface area contributed by atoms with E-state index in [9.17, 15) is 18.8 Å². The number of amides is 3. The number of aromatic nitrogens is 1. The summed E-state index contributed by atoms with van der Waals surface area (Å²) in [4.78, 5) is 41.9. The number of quaternary nitrogens is 1. The molecule has 2 aromatic rings. The van der Waals surface area contributed by atoms with E-state index in [4.69, 9.17) is 0 Å². The van der Waals surface area contributed by atoms with Crippen LogP contribution in [0.4, 0.5) is 14.9 Å². The van der Waals surface area contributed by atoms with E-state index in [0.717, 1.165) is 5.56 Å². The lowest BCUT2D eigenvalue weighted by atomic mass is 10.1. The van der Waals surface area contributed by atoms with Crippen LogP contribution in [-0.2, 0) is 11.3 Å². The summed E-state index contributed by atoms with van der Waals surface area (Å²) in [7, 11) is 0. The molecule has 2 heterocycles. The van der Waals surface area contributed by atoms with Crippen molar-refractivity contribution in [3.05, 3.63) is 59.7 Å². The topological polar surface area (TPSA) is 91.4 Å². The molecule has 0 bridgehead atoms. The average Bonchev–Trinajstić information content (AvgIpc) is 2.74. The summed E-state index contributed by atoms with van der Waals surface area (Å²) in [5.41, 5.74) is 7.25. The number of halogens is 1. The fourth-order valence-electron chi connectivity index (χ4n) is 3.46. The maximum Gasteiger partial charge on any atom is 0.435 e. The largest absolute Gasteiger partial charge is 0.435 e. The molecule has 1 fully saturated rings. The molecular weight excluding hydrogens is 389 g/mol. The van der Waals surface area contributed by atoms with Gasteiger partial charge in [-0.15, -0.1) is 0 Å². The molecule has 2 N–H and O–H groups in total. The molecule has 0 unspecified atom stereocenters. The number of nitrogens with one attached hydrogen (secondary N) is 2. The number of anilines is 1. The minimum Gasteiger partial charge on any atom is -0.332 e. The fraction of sp³-hybridized carbons (Fsp3) is 0.333. The highest BCUT2D eigenvalue weighted by Crippen LogP contribution is 2.20. The Morgan fingerprint density at radius 1 is 1.07 bits per heavy atom. The van der Waals surface area contributed by atoms with Crippen LogP contribution < -0.4 is 10.9 Å². The standard InChI is InChI=1S/C21H24FN5O3/c1-15(28)20-8-7-19(13-23-20)24-25-21(30)27(11-9-26(10-12-27)16(2)29)14-17-3-5-18(22)6-4-17/h3-8,13H,9-12,14H2,1-2H3,(H-,23,24,25,28,30)/p+1. The van der Waals surface area contributed by atoms with Crippen molar-refractivity contribution in [3.63, 3.8) is 0 Å². The first-order valence-electron chi connectivity index (χ1n) is 9.69. The van der Waals surface area contributed by atoms with Crippen LogP contribution in [0, 0.1) is 5.82 Å². The molecule has 3 amide bonds. The molecule has 0 saturated carbocycles. The summed E-state index contributed by atoms with van der Waals surface area (Å²) in [6.45, 7) is 5.11. The van der Waals surface area contributed by atoms with Gasteiger partial charge in [-0.25, -0.2) is 19.1 Å². The third-order valence-corrected chi connectivity index (χ3v) is 5.31. The summed E-state index contributed by atoms with van der Waals surface area (Å²) in [5, 5.41) is 0. The van der Waals surface area contributed by atoms with Crippen LogP contribution in [0.1, 0.15) is 29.9 Å². The zero-order valence-corrected chi connectivity index (χ0v) is 17.0. The monoisotopic (exact) mass is 414 g/mol. The van der Waals surface area contributed by atoms with Crippen molar-refractivity contribution in [3.8, 4) is 0 Å². The first kappa shape index (κ1) is 21.4. The van der Waals surface area contributed by atoms with Crippen LogP contribution in [-0.4, -0.2) is 58.3 Å². The van der Waals surface area contributed by atoms with Gasteiger partial charge in [-0.2, -0.15) is 0 Å². The number of ketones is 1. The average molecular weight is 414 g/mol. The molecular formula is C21H25FN5O3+. The zero-order valence-electron chi connectivity index (χ0n) is 17.0. The first-order chi connectivity index (χ1) is 14.3. The van der Waals surface area contributed by atoms with Crippen molar-refractivity contribution < 1.29 is 23.3 Å². The second-order valence-corrected chi connectivity index (χ2v) is 7.43. The number of Topliss-reactive ketones (excluding diaryl/α,β-unsaturated/α-hetero) is 1. The Hall–Kier alpha value is -3.33. The molecule has 0 radical (unpaired) electrons. The van der Waals surface area contributed by atoms with Gasteiger partial charge >= 0.3 is 6.03 Å². The van der Waals surface area contributed by atoms with E-state index in [1.54, 1.807) is 29.2 Å². The Morgan fingerprint density at radius 2 is 1.73 bits per heavy atom. The summed E-state index contributed by atoms with van der Waals surface area (Å²) in [6, 6.07) is 9.04. The summed E-state index contributed by atoms with van der Waals surface area (Å²) in [6.07, 6.45) is 1.47. The number of carbonyl (C=O) groups excluding carboxylic acids is 3. The smallest absolute Gasteiger partial charge is 0.332 e. The lowest BCUT2D eigenvalue weighted by molar-refractivity contribution is -0.868. The predicted octanol–water partition coefficient (Wildman–Crippen LogP) is 2.34. The first-order valence-corrected chi connectivity index (χ1v) is 9.69. The number of hydrogen-bond acceptors (Lipinski definition) is 5. The van der Waals surface area contributed by atoms with Gasteiger partial charge < -0.3 is 4.90 Å². The number of benzene rings is 1. The van der Waals surface area contributed by atoms with E-state index < -0.39 is 0 Å².